The van der Waals surface area contributed by atoms with E-state index in [0.29, 0.717) is 0 Å². The summed E-state index contributed by atoms with van der Waals surface area (Å²) in [6.45, 7) is 7.81. The zero-order valence-corrected chi connectivity index (χ0v) is 14.9. The Morgan fingerprint density at radius 1 is 1.29 bits per heavy atom. The maximum absolute atomic E-state index is 11.9. The Kier molecular flexibility index (Phi) is 6.35. The molecule has 5 nitrogen and oxygen atoms in total. The number of benzene rings is 1. The summed E-state index contributed by atoms with van der Waals surface area (Å²) in [5, 5.41) is 7.10. The number of anilines is 1. The molecule has 6 heteroatoms. The molecule has 2 N–H and O–H groups in total. The molecule has 2 heterocycles. The van der Waals surface area contributed by atoms with E-state index in [1.807, 2.05) is 18.2 Å². The highest BCUT2D eigenvalue weighted by molar-refractivity contribution is 6.30. The number of nitrogens with zero attached hydrogens (tertiary/aromatic N) is 2. The van der Waals surface area contributed by atoms with Crippen molar-refractivity contribution in [1.29, 1.82) is 0 Å². The summed E-state index contributed by atoms with van der Waals surface area (Å²) in [6, 6.07) is 8.07. The maximum Gasteiger partial charge on any atom is 0.224 e. The SMILES string of the molecule is O=C(NCCCN1CCN(c2cccc(Cl)c2)CC1)C1CCNC1. The van der Waals surface area contributed by atoms with Gasteiger partial charge in [-0.3, -0.25) is 9.69 Å². The van der Waals surface area contributed by atoms with Crippen LogP contribution in [0, 0.1) is 5.92 Å². The Bertz CT molecular complexity index is 540. The van der Waals surface area contributed by atoms with Crippen LogP contribution >= 0.6 is 11.6 Å². The van der Waals surface area contributed by atoms with Crippen LogP contribution in [0.15, 0.2) is 24.3 Å². The second-order valence-corrected chi connectivity index (χ2v) is 7.08. The number of carbonyl (C=O) groups is 1. The average molecular weight is 351 g/mol. The molecule has 0 aromatic heterocycles. The molecule has 0 spiro atoms. The molecule has 1 atom stereocenters. The van der Waals surface area contributed by atoms with E-state index in [4.69, 9.17) is 11.6 Å². The Morgan fingerprint density at radius 2 is 2.12 bits per heavy atom. The molecule has 0 radical (unpaired) electrons. The van der Waals surface area contributed by atoms with Gasteiger partial charge in [0.2, 0.25) is 5.91 Å². The smallest absolute Gasteiger partial charge is 0.224 e. The molecule has 3 rings (SSSR count). The molecule has 2 saturated heterocycles. The number of halogens is 1. The van der Waals surface area contributed by atoms with Crippen LogP contribution in [-0.4, -0.2) is 63.2 Å². The lowest BCUT2D eigenvalue weighted by atomic mass is 10.1. The number of rotatable bonds is 6. The first-order chi connectivity index (χ1) is 11.7. The number of piperazine rings is 1. The van der Waals surface area contributed by atoms with Crippen LogP contribution in [0.1, 0.15) is 12.8 Å². The number of amides is 1. The Balaban J connectivity index is 1.32. The summed E-state index contributed by atoms with van der Waals surface area (Å²) < 4.78 is 0. The van der Waals surface area contributed by atoms with Crippen molar-refractivity contribution in [1.82, 2.24) is 15.5 Å². The monoisotopic (exact) mass is 350 g/mol. The molecule has 132 valence electrons. The van der Waals surface area contributed by atoms with Gasteiger partial charge in [-0.05, 0) is 44.1 Å². The van der Waals surface area contributed by atoms with E-state index >= 15 is 0 Å². The Morgan fingerprint density at radius 3 is 2.83 bits per heavy atom. The highest BCUT2D eigenvalue weighted by Gasteiger charge is 2.22. The lowest BCUT2D eigenvalue weighted by Crippen LogP contribution is -2.47. The highest BCUT2D eigenvalue weighted by atomic mass is 35.5. The van der Waals surface area contributed by atoms with Crippen molar-refractivity contribution >= 4 is 23.2 Å². The van der Waals surface area contributed by atoms with E-state index in [2.05, 4.69) is 26.5 Å². The van der Waals surface area contributed by atoms with Gasteiger partial charge < -0.3 is 15.5 Å². The molecule has 2 fully saturated rings. The van der Waals surface area contributed by atoms with Crippen LogP contribution in [-0.2, 0) is 4.79 Å². The summed E-state index contributed by atoms with van der Waals surface area (Å²) >= 11 is 6.07. The first-order valence-corrected chi connectivity index (χ1v) is 9.31. The topological polar surface area (TPSA) is 47.6 Å². The van der Waals surface area contributed by atoms with Crippen LogP contribution < -0.4 is 15.5 Å². The fourth-order valence-electron chi connectivity index (χ4n) is 3.44. The van der Waals surface area contributed by atoms with Gasteiger partial charge in [-0.2, -0.15) is 0 Å². The first kappa shape index (κ1) is 17.5. The summed E-state index contributed by atoms with van der Waals surface area (Å²) in [5.74, 6) is 0.386. The van der Waals surface area contributed by atoms with Crippen molar-refractivity contribution < 1.29 is 4.79 Å². The third kappa shape index (κ3) is 4.85. The van der Waals surface area contributed by atoms with Crippen LogP contribution in [0.25, 0.3) is 0 Å². The van der Waals surface area contributed by atoms with Gasteiger partial charge in [-0.1, -0.05) is 17.7 Å². The molecular weight excluding hydrogens is 324 g/mol. The second-order valence-electron chi connectivity index (χ2n) is 6.64. The van der Waals surface area contributed by atoms with Gasteiger partial charge in [0.05, 0.1) is 5.92 Å². The summed E-state index contributed by atoms with van der Waals surface area (Å²) in [4.78, 5) is 16.8. The molecule has 1 amide bonds. The third-order valence-corrected chi connectivity index (χ3v) is 5.16. The summed E-state index contributed by atoms with van der Waals surface area (Å²) in [7, 11) is 0. The molecule has 1 unspecified atom stereocenters. The van der Waals surface area contributed by atoms with Gasteiger partial charge in [-0.15, -0.1) is 0 Å². The van der Waals surface area contributed by atoms with E-state index in [0.717, 1.165) is 70.2 Å². The average Bonchev–Trinajstić information content (AvgIpc) is 3.14. The van der Waals surface area contributed by atoms with Gasteiger partial charge >= 0.3 is 0 Å². The quantitative estimate of drug-likeness (QED) is 0.765. The Hall–Kier alpha value is -1.30. The van der Waals surface area contributed by atoms with Crippen molar-refractivity contribution in [2.45, 2.75) is 12.8 Å². The molecular formula is C18H27ClN4O. The van der Waals surface area contributed by atoms with E-state index in [-0.39, 0.29) is 11.8 Å². The maximum atomic E-state index is 11.9. The number of hydrogen-bond donors (Lipinski definition) is 2. The van der Waals surface area contributed by atoms with E-state index in [1.165, 1.54) is 5.69 Å². The molecule has 1 aromatic rings. The van der Waals surface area contributed by atoms with E-state index in [1.54, 1.807) is 0 Å². The molecule has 2 aliphatic heterocycles. The lowest BCUT2D eigenvalue weighted by molar-refractivity contribution is -0.124. The van der Waals surface area contributed by atoms with E-state index in [9.17, 15) is 4.79 Å². The number of hydrogen-bond acceptors (Lipinski definition) is 4. The van der Waals surface area contributed by atoms with Crippen LogP contribution in [0.4, 0.5) is 5.69 Å². The predicted octanol–water partition coefficient (Wildman–Crippen LogP) is 1.58. The summed E-state index contributed by atoms with van der Waals surface area (Å²) in [5.41, 5.74) is 1.21. The lowest BCUT2D eigenvalue weighted by Gasteiger charge is -2.36. The van der Waals surface area contributed by atoms with Crippen molar-refractivity contribution in [2.24, 2.45) is 5.92 Å². The fraction of sp³-hybridized carbons (Fsp3) is 0.611. The number of nitrogens with one attached hydrogen (secondary N) is 2. The van der Waals surface area contributed by atoms with Gasteiger partial charge in [0.15, 0.2) is 0 Å². The van der Waals surface area contributed by atoms with Crippen LogP contribution in [0.5, 0.6) is 0 Å². The first-order valence-electron chi connectivity index (χ1n) is 8.94. The minimum Gasteiger partial charge on any atom is -0.369 e. The van der Waals surface area contributed by atoms with Gasteiger partial charge in [0.25, 0.3) is 0 Å². The molecule has 0 bridgehead atoms. The van der Waals surface area contributed by atoms with Crippen molar-refractivity contribution in [3.05, 3.63) is 29.3 Å². The molecule has 24 heavy (non-hydrogen) atoms. The molecule has 0 aliphatic carbocycles. The molecule has 0 saturated carbocycles. The van der Waals surface area contributed by atoms with Crippen molar-refractivity contribution in [3.63, 3.8) is 0 Å². The normalized spacial score (nSPS) is 21.9. The third-order valence-electron chi connectivity index (χ3n) is 4.93. The minimum atomic E-state index is 0.172. The van der Waals surface area contributed by atoms with Crippen LogP contribution in [0.2, 0.25) is 5.02 Å². The Labute approximate surface area is 149 Å². The summed E-state index contributed by atoms with van der Waals surface area (Å²) in [6.07, 6.45) is 1.99. The number of carbonyl (C=O) groups excluding carboxylic acids is 1. The van der Waals surface area contributed by atoms with Crippen molar-refractivity contribution in [2.75, 3.05) is 57.3 Å². The van der Waals surface area contributed by atoms with Gasteiger partial charge in [0, 0.05) is 50.0 Å². The van der Waals surface area contributed by atoms with Gasteiger partial charge in [-0.25, -0.2) is 0 Å². The molecule has 1 aromatic carbocycles. The predicted molar refractivity (Wildman–Crippen MR) is 98.7 cm³/mol. The standard InChI is InChI=1S/C18H27ClN4O/c19-16-3-1-4-17(13-16)23-11-9-22(10-12-23)8-2-6-21-18(24)15-5-7-20-14-15/h1,3-4,13,15,20H,2,5-12,14H2,(H,21,24). The zero-order valence-electron chi connectivity index (χ0n) is 14.1. The zero-order chi connectivity index (χ0) is 16.8. The highest BCUT2D eigenvalue weighted by Crippen LogP contribution is 2.20. The van der Waals surface area contributed by atoms with Gasteiger partial charge in [0.1, 0.15) is 0 Å². The molecule has 2 aliphatic rings. The fourth-order valence-corrected chi connectivity index (χ4v) is 3.62. The van der Waals surface area contributed by atoms with Crippen molar-refractivity contribution in [3.8, 4) is 0 Å². The van der Waals surface area contributed by atoms with Crippen LogP contribution in [0.3, 0.4) is 0 Å². The van der Waals surface area contributed by atoms with E-state index < -0.39 is 0 Å². The second kappa shape index (κ2) is 8.70. The largest absolute Gasteiger partial charge is 0.369 e. The minimum absolute atomic E-state index is 0.172.